The van der Waals surface area contributed by atoms with E-state index >= 15 is 0 Å². The van der Waals surface area contributed by atoms with E-state index < -0.39 is 0 Å². The van der Waals surface area contributed by atoms with Crippen molar-refractivity contribution in [1.29, 1.82) is 0 Å². The molecule has 3 nitrogen and oxygen atoms in total. The normalized spacial score (nSPS) is 30.1. The molecule has 0 aromatic heterocycles. The Labute approximate surface area is 90.0 Å². The minimum atomic E-state index is -0.372. The van der Waals surface area contributed by atoms with Gasteiger partial charge in [0.2, 0.25) is 5.91 Å². The third kappa shape index (κ3) is 1.89. The van der Waals surface area contributed by atoms with Crippen molar-refractivity contribution in [2.45, 2.75) is 31.2 Å². The van der Waals surface area contributed by atoms with Gasteiger partial charge in [0, 0.05) is 25.7 Å². The molecule has 2 aliphatic rings. The first-order chi connectivity index (χ1) is 6.68. The van der Waals surface area contributed by atoms with Crippen molar-refractivity contribution in [3.05, 3.63) is 0 Å². The summed E-state index contributed by atoms with van der Waals surface area (Å²) in [6, 6.07) is 0.600. The Balaban J connectivity index is 1.94. The van der Waals surface area contributed by atoms with Crippen molar-refractivity contribution in [2.75, 3.05) is 26.2 Å². The molecule has 2 rings (SSSR count). The summed E-state index contributed by atoms with van der Waals surface area (Å²) in [6.45, 7) is 5.73. The van der Waals surface area contributed by atoms with Crippen molar-refractivity contribution in [1.82, 2.24) is 9.80 Å². The number of amides is 1. The molecular formula is C10H17ClN2O. The molecule has 2 unspecified atom stereocenters. The van der Waals surface area contributed by atoms with E-state index in [1.54, 1.807) is 6.92 Å². The first-order valence-corrected chi connectivity index (χ1v) is 5.79. The third-order valence-electron chi connectivity index (χ3n) is 3.24. The van der Waals surface area contributed by atoms with Crippen LogP contribution in [0.4, 0.5) is 0 Å². The minimum Gasteiger partial charge on any atom is -0.339 e. The molecule has 0 aromatic carbocycles. The monoisotopic (exact) mass is 216 g/mol. The zero-order valence-electron chi connectivity index (χ0n) is 8.58. The van der Waals surface area contributed by atoms with Gasteiger partial charge in [-0.25, -0.2) is 0 Å². The van der Waals surface area contributed by atoms with E-state index in [4.69, 9.17) is 11.6 Å². The highest BCUT2D eigenvalue weighted by Gasteiger charge is 2.33. The molecule has 14 heavy (non-hydrogen) atoms. The van der Waals surface area contributed by atoms with E-state index in [9.17, 15) is 4.79 Å². The van der Waals surface area contributed by atoms with Crippen LogP contribution in [0.25, 0.3) is 0 Å². The molecule has 0 N–H and O–H groups in total. The van der Waals surface area contributed by atoms with Crippen LogP contribution in [0.1, 0.15) is 19.8 Å². The maximum Gasteiger partial charge on any atom is 0.240 e. The molecule has 0 radical (unpaired) electrons. The summed E-state index contributed by atoms with van der Waals surface area (Å²) >= 11 is 5.80. The summed E-state index contributed by atoms with van der Waals surface area (Å²) in [6.07, 6.45) is 2.52. The van der Waals surface area contributed by atoms with Crippen molar-refractivity contribution in [3.8, 4) is 0 Å². The number of hydrogen-bond donors (Lipinski definition) is 0. The van der Waals surface area contributed by atoms with E-state index in [2.05, 4.69) is 4.90 Å². The van der Waals surface area contributed by atoms with Crippen LogP contribution in [0, 0.1) is 0 Å². The maximum absolute atomic E-state index is 11.7. The standard InChI is InChI=1S/C10H17ClN2O/c1-8(11)10(14)13-6-5-12-4-2-3-9(12)7-13/h8-9H,2-7H2,1H3. The lowest BCUT2D eigenvalue weighted by Crippen LogP contribution is -2.53. The van der Waals surface area contributed by atoms with Crippen LogP contribution in [0.3, 0.4) is 0 Å². The van der Waals surface area contributed by atoms with Crippen LogP contribution in [0.2, 0.25) is 0 Å². The second kappa shape index (κ2) is 4.07. The predicted octanol–water partition coefficient (Wildman–Crippen LogP) is 0.920. The Kier molecular flexibility index (Phi) is 2.98. The number of piperazine rings is 1. The van der Waals surface area contributed by atoms with Gasteiger partial charge in [-0.1, -0.05) is 0 Å². The fourth-order valence-corrected chi connectivity index (χ4v) is 2.58. The number of fused-ring (bicyclic) bond motifs is 1. The van der Waals surface area contributed by atoms with Crippen LogP contribution < -0.4 is 0 Å². The van der Waals surface area contributed by atoms with E-state index in [1.165, 1.54) is 19.4 Å². The molecule has 4 heteroatoms. The van der Waals surface area contributed by atoms with Crippen LogP contribution >= 0.6 is 11.6 Å². The molecule has 2 atom stereocenters. The number of carbonyl (C=O) groups excluding carboxylic acids is 1. The number of nitrogens with zero attached hydrogens (tertiary/aromatic N) is 2. The quantitative estimate of drug-likeness (QED) is 0.609. The van der Waals surface area contributed by atoms with Crippen LogP contribution in [-0.2, 0) is 4.79 Å². The van der Waals surface area contributed by atoms with E-state index in [0.29, 0.717) is 6.04 Å². The molecule has 0 spiro atoms. The van der Waals surface area contributed by atoms with Crippen molar-refractivity contribution in [3.63, 3.8) is 0 Å². The summed E-state index contributed by atoms with van der Waals surface area (Å²) in [5.74, 6) is 0.0956. The topological polar surface area (TPSA) is 23.6 Å². The number of hydrogen-bond acceptors (Lipinski definition) is 2. The highest BCUT2D eigenvalue weighted by atomic mass is 35.5. The first kappa shape index (κ1) is 10.2. The third-order valence-corrected chi connectivity index (χ3v) is 3.43. The Hall–Kier alpha value is -0.280. The van der Waals surface area contributed by atoms with Gasteiger partial charge in [-0.2, -0.15) is 0 Å². The molecule has 80 valence electrons. The molecule has 2 aliphatic heterocycles. The number of carbonyl (C=O) groups is 1. The molecule has 2 saturated heterocycles. The lowest BCUT2D eigenvalue weighted by molar-refractivity contribution is -0.133. The van der Waals surface area contributed by atoms with Crippen molar-refractivity contribution in [2.24, 2.45) is 0 Å². The minimum absolute atomic E-state index is 0.0956. The van der Waals surface area contributed by atoms with Crippen LogP contribution in [-0.4, -0.2) is 53.3 Å². The lowest BCUT2D eigenvalue weighted by atomic mass is 10.1. The number of alkyl halides is 1. The second-order valence-corrected chi connectivity index (χ2v) is 4.89. The van der Waals surface area contributed by atoms with E-state index in [1.807, 2.05) is 4.90 Å². The van der Waals surface area contributed by atoms with Gasteiger partial charge in [-0.05, 0) is 26.3 Å². The Morgan fingerprint density at radius 1 is 1.43 bits per heavy atom. The highest BCUT2D eigenvalue weighted by molar-refractivity contribution is 6.30. The van der Waals surface area contributed by atoms with Gasteiger partial charge < -0.3 is 4.90 Å². The van der Waals surface area contributed by atoms with Gasteiger partial charge in [0.1, 0.15) is 5.38 Å². The Morgan fingerprint density at radius 3 is 2.93 bits per heavy atom. The van der Waals surface area contributed by atoms with Crippen molar-refractivity contribution >= 4 is 17.5 Å². The fourth-order valence-electron chi connectivity index (χ4n) is 2.44. The van der Waals surface area contributed by atoms with Gasteiger partial charge in [-0.15, -0.1) is 11.6 Å². The largest absolute Gasteiger partial charge is 0.339 e. The van der Waals surface area contributed by atoms with Crippen LogP contribution in [0.15, 0.2) is 0 Å². The summed E-state index contributed by atoms with van der Waals surface area (Å²) < 4.78 is 0. The number of halogens is 1. The molecule has 0 aromatic rings. The maximum atomic E-state index is 11.7. The van der Waals surface area contributed by atoms with Crippen molar-refractivity contribution < 1.29 is 4.79 Å². The summed E-state index contributed by atoms with van der Waals surface area (Å²) in [7, 11) is 0. The first-order valence-electron chi connectivity index (χ1n) is 5.35. The summed E-state index contributed by atoms with van der Waals surface area (Å²) in [4.78, 5) is 16.1. The molecular weight excluding hydrogens is 200 g/mol. The smallest absolute Gasteiger partial charge is 0.240 e. The Morgan fingerprint density at radius 2 is 2.21 bits per heavy atom. The highest BCUT2D eigenvalue weighted by Crippen LogP contribution is 2.22. The summed E-state index contributed by atoms with van der Waals surface area (Å²) in [5.41, 5.74) is 0. The van der Waals surface area contributed by atoms with Gasteiger partial charge in [0.25, 0.3) is 0 Å². The molecule has 1 amide bonds. The SMILES string of the molecule is CC(Cl)C(=O)N1CCN2CCCC2C1. The lowest BCUT2D eigenvalue weighted by Gasteiger charge is -2.37. The molecule has 0 bridgehead atoms. The average Bonchev–Trinajstić information content (AvgIpc) is 2.62. The molecule has 2 heterocycles. The molecule has 2 fully saturated rings. The van der Waals surface area contributed by atoms with E-state index in [0.717, 1.165) is 19.6 Å². The van der Waals surface area contributed by atoms with E-state index in [-0.39, 0.29) is 11.3 Å². The fraction of sp³-hybridized carbons (Fsp3) is 0.900. The van der Waals surface area contributed by atoms with Gasteiger partial charge >= 0.3 is 0 Å². The second-order valence-electron chi connectivity index (χ2n) is 4.23. The molecule has 0 saturated carbocycles. The predicted molar refractivity (Wildman–Crippen MR) is 56.5 cm³/mol. The van der Waals surface area contributed by atoms with Crippen LogP contribution in [0.5, 0.6) is 0 Å². The van der Waals surface area contributed by atoms with Gasteiger partial charge in [-0.3, -0.25) is 9.69 Å². The zero-order chi connectivity index (χ0) is 10.1. The Bertz CT molecular complexity index is 232. The average molecular weight is 217 g/mol. The van der Waals surface area contributed by atoms with Gasteiger partial charge in [0.05, 0.1) is 0 Å². The molecule has 0 aliphatic carbocycles. The number of rotatable bonds is 1. The summed E-state index contributed by atoms with van der Waals surface area (Å²) in [5, 5.41) is -0.372. The van der Waals surface area contributed by atoms with Gasteiger partial charge in [0.15, 0.2) is 0 Å². The zero-order valence-corrected chi connectivity index (χ0v) is 9.33.